The zero-order chi connectivity index (χ0) is 12.1. The molecule has 2 aromatic heterocycles. The van der Waals surface area contributed by atoms with Crippen LogP contribution in [0.5, 0.6) is 0 Å². The molecule has 5 nitrogen and oxygen atoms in total. The van der Waals surface area contributed by atoms with Gasteiger partial charge >= 0.3 is 0 Å². The fourth-order valence-electron chi connectivity index (χ4n) is 1.58. The Balaban J connectivity index is 2.10. The quantitative estimate of drug-likeness (QED) is 0.794. The molecule has 90 valence electrons. The fraction of sp³-hybridized carbons (Fsp3) is 0.417. The minimum atomic E-state index is 0.610. The van der Waals surface area contributed by atoms with E-state index in [0.717, 1.165) is 30.4 Å². The molecule has 0 bridgehead atoms. The van der Waals surface area contributed by atoms with Crippen LogP contribution >= 0.6 is 0 Å². The SMILES string of the molecule is Cc1ccncc1-c1noc(CCCCN)n1. The van der Waals surface area contributed by atoms with E-state index in [1.165, 1.54) is 0 Å². The lowest BCUT2D eigenvalue weighted by atomic mass is 10.1. The Labute approximate surface area is 100 Å². The van der Waals surface area contributed by atoms with Gasteiger partial charge in [-0.15, -0.1) is 0 Å². The summed E-state index contributed by atoms with van der Waals surface area (Å²) in [5, 5.41) is 3.97. The molecule has 2 N–H and O–H groups in total. The van der Waals surface area contributed by atoms with E-state index in [1.807, 2.05) is 13.0 Å². The summed E-state index contributed by atoms with van der Waals surface area (Å²) in [6, 6.07) is 1.93. The van der Waals surface area contributed by atoms with Gasteiger partial charge < -0.3 is 10.3 Å². The van der Waals surface area contributed by atoms with E-state index in [0.29, 0.717) is 18.3 Å². The zero-order valence-corrected chi connectivity index (χ0v) is 9.89. The average Bonchev–Trinajstić information content (AvgIpc) is 2.79. The Kier molecular flexibility index (Phi) is 3.82. The van der Waals surface area contributed by atoms with Gasteiger partial charge in [-0.25, -0.2) is 0 Å². The Morgan fingerprint density at radius 3 is 3.00 bits per heavy atom. The second-order valence-corrected chi connectivity index (χ2v) is 3.95. The number of pyridine rings is 1. The third-order valence-electron chi connectivity index (χ3n) is 2.59. The number of rotatable bonds is 5. The Morgan fingerprint density at radius 1 is 1.35 bits per heavy atom. The van der Waals surface area contributed by atoms with E-state index < -0.39 is 0 Å². The van der Waals surface area contributed by atoms with Crippen molar-refractivity contribution >= 4 is 0 Å². The van der Waals surface area contributed by atoms with Crippen LogP contribution in [0.2, 0.25) is 0 Å². The highest BCUT2D eigenvalue weighted by molar-refractivity contribution is 5.57. The molecule has 0 aromatic carbocycles. The van der Waals surface area contributed by atoms with Gasteiger partial charge in [-0.2, -0.15) is 4.98 Å². The van der Waals surface area contributed by atoms with Crippen LogP contribution in [0, 0.1) is 6.92 Å². The first-order chi connectivity index (χ1) is 8.31. The molecular formula is C12H16N4O. The predicted molar refractivity (Wildman–Crippen MR) is 64.3 cm³/mol. The Morgan fingerprint density at radius 2 is 2.24 bits per heavy atom. The van der Waals surface area contributed by atoms with Crippen LogP contribution in [0.4, 0.5) is 0 Å². The minimum Gasteiger partial charge on any atom is -0.339 e. The van der Waals surface area contributed by atoms with Crippen molar-refractivity contribution < 1.29 is 4.52 Å². The molecule has 0 saturated heterocycles. The largest absolute Gasteiger partial charge is 0.339 e. The third kappa shape index (κ3) is 2.88. The summed E-state index contributed by atoms with van der Waals surface area (Å²) in [5.41, 5.74) is 7.44. The van der Waals surface area contributed by atoms with Gasteiger partial charge in [0.15, 0.2) is 0 Å². The number of hydrogen-bond acceptors (Lipinski definition) is 5. The maximum Gasteiger partial charge on any atom is 0.226 e. The first-order valence-corrected chi connectivity index (χ1v) is 5.75. The molecule has 0 atom stereocenters. The summed E-state index contributed by atoms with van der Waals surface area (Å²) in [4.78, 5) is 8.42. The van der Waals surface area contributed by atoms with Crippen LogP contribution in [0.15, 0.2) is 23.0 Å². The van der Waals surface area contributed by atoms with Crippen LogP contribution in [-0.4, -0.2) is 21.7 Å². The molecule has 0 aliphatic heterocycles. The minimum absolute atomic E-state index is 0.610. The van der Waals surface area contributed by atoms with Crippen LogP contribution in [0.25, 0.3) is 11.4 Å². The topological polar surface area (TPSA) is 77.8 Å². The molecule has 17 heavy (non-hydrogen) atoms. The van der Waals surface area contributed by atoms with Gasteiger partial charge in [-0.3, -0.25) is 4.98 Å². The number of hydrogen-bond donors (Lipinski definition) is 1. The molecule has 0 saturated carbocycles. The second-order valence-electron chi connectivity index (χ2n) is 3.95. The summed E-state index contributed by atoms with van der Waals surface area (Å²) in [7, 11) is 0. The van der Waals surface area contributed by atoms with Crippen molar-refractivity contribution in [2.75, 3.05) is 6.54 Å². The number of unbranched alkanes of at least 4 members (excludes halogenated alkanes) is 1. The monoisotopic (exact) mass is 232 g/mol. The Hall–Kier alpha value is -1.75. The molecule has 2 rings (SSSR count). The van der Waals surface area contributed by atoms with Crippen molar-refractivity contribution in [3.8, 4) is 11.4 Å². The lowest BCUT2D eigenvalue weighted by molar-refractivity contribution is 0.375. The number of aryl methyl sites for hydroxylation is 2. The van der Waals surface area contributed by atoms with Gasteiger partial charge in [0.05, 0.1) is 0 Å². The average molecular weight is 232 g/mol. The van der Waals surface area contributed by atoms with Gasteiger partial charge in [0, 0.05) is 24.4 Å². The molecule has 0 radical (unpaired) electrons. The maximum absolute atomic E-state index is 5.43. The standard InChI is InChI=1S/C12H16N4O/c1-9-5-7-14-8-10(9)12-15-11(17-16-12)4-2-3-6-13/h5,7-8H,2-4,6,13H2,1H3. The van der Waals surface area contributed by atoms with Crippen LogP contribution in [-0.2, 0) is 6.42 Å². The summed E-state index contributed by atoms with van der Waals surface area (Å²) < 4.78 is 5.19. The first-order valence-electron chi connectivity index (χ1n) is 5.75. The molecule has 0 aliphatic carbocycles. The van der Waals surface area contributed by atoms with E-state index in [4.69, 9.17) is 10.3 Å². The summed E-state index contributed by atoms with van der Waals surface area (Å²) in [6.45, 7) is 2.70. The summed E-state index contributed by atoms with van der Waals surface area (Å²) in [5.74, 6) is 1.27. The maximum atomic E-state index is 5.43. The van der Waals surface area contributed by atoms with Gasteiger partial charge in [-0.1, -0.05) is 5.16 Å². The molecule has 0 aliphatic rings. The second kappa shape index (κ2) is 5.54. The van der Waals surface area contributed by atoms with Crippen molar-refractivity contribution in [1.29, 1.82) is 0 Å². The summed E-state index contributed by atoms with van der Waals surface area (Å²) >= 11 is 0. The fourth-order valence-corrected chi connectivity index (χ4v) is 1.58. The van der Waals surface area contributed by atoms with Crippen molar-refractivity contribution in [3.63, 3.8) is 0 Å². The van der Waals surface area contributed by atoms with E-state index in [1.54, 1.807) is 12.4 Å². The molecule has 0 unspecified atom stereocenters. The van der Waals surface area contributed by atoms with E-state index >= 15 is 0 Å². The van der Waals surface area contributed by atoms with Gasteiger partial charge in [-0.05, 0) is 37.9 Å². The molecule has 0 fully saturated rings. The Bertz CT molecular complexity index is 481. The lowest BCUT2D eigenvalue weighted by Crippen LogP contribution is -1.99. The molecule has 2 heterocycles. The highest BCUT2D eigenvalue weighted by atomic mass is 16.5. The molecule has 0 spiro atoms. The van der Waals surface area contributed by atoms with Crippen LogP contribution < -0.4 is 5.73 Å². The van der Waals surface area contributed by atoms with Crippen molar-refractivity contribution in [2.45, 2.75) is 26.2 Å². The number of nitrogens with two attached hydrogens (primary N) is 1. The smallest absolute Gasteiger partial charge is 0.226 e. The van der Waals surface area contributed by atoms with E-state index in [-0.39, 0.29) is 0 Å². The lowest BCUT2D eigenvalue weighted by Gasteiger charge is -1.97. The highest BCUT2D eigenvalue weighted by Gasteiger charge is 2.10. The first kappa shape index (κ1) is 11.7. The van der Waals surface area contributed by atoms with E-state index in [2.05, 4.69) is 15.1 Å². The van der Waals surface area contributed by atoms with Gasteiger partial charge in [0.25, 0.3) is 0 Å². The molecule has 2 aromatic rings. The van der Waals surface area contributed by atoms with Gasteiger partial charge in [0.2, 0.25) is 11.7 Å². The predicted octanol–water partition coefficient (Wildman–Crippen LogP) is 1.72. The molecule has 0 amide bonds. The zero-order valence-electron chi connectivity index (χ0n) is 9.89. The highest BCUT2D eigenvalue weighted by Crippen LogP contribution is 2.18. The van der Waals surface area contributed by atoms with Crippen molar-refractivity contribution in [3.05, 3.63) is 29.9 Å². The van der Waals surface area contributed by atoms with Crippen LogP contribution in [0.3, 0.4) is 0 Å². The number of aromatic nitrogens is 3. The molecule has 5 heteroatoms. The van der Waals surface area contributed by atoms with Crippen molar-refractivity contribution in [2.24, 2.45) is 5.73 Å². The van der Waals surface area contributed by atoms with Gasteiger partial charge in [0.1, 0.15) is 0 Å². The van der Waals surface area contributed by atoms with E-state index in [9.17, 15) is 0 Å². The third-order valence-corrected chi connectivity index (χ3v) is 2.59. The summed E-state index contributed by atoms with van der Waals surface area (Å²) in [6.07, 6.45) is 6.24. The van der Waals surface area contributed by atoms with Crippen LogP contribution in [0.1, 0.15) is 24.3 Å². The molecular weight excluding hydrogens is 216 g/mol. The van der Waals surface area contributed by atoms with Crippen molar-refractivity contribution in [1.82, 2.24) is 15.1 Å². The number of nitrogens with zero attached hydrogens (tertiary/aromatic N) is 3. The normalized spacial score (nSPS) is 10.7.